The van der Waals surface area contributed by atoms with E-state index in [4.69, 9.17) is 0 Å². The van der Waals surface area contributed by atoms with E-state index < -0.39 is 0 Å². The Bertz CT molecular complexity index is 341. The van der Waals surface area contributed by atoms with Crippen molar-refractivity contribution in [1.29, 1.82) is 0 Å². The molecule has 0 spiro atoms. The van der Waals surface area contributed by atoms with Crippen molar-refractivity contribution in [3.8, 4) is 0 Å². The zero-order valence-electron chi connectivity index (χ0n) is 10.8. The molecule has 0 amide bonds. The Kier molecular flexibility index (Phi) is 3.85. The second-order valence-corrected chi connectivity index (χ2v) is 5.72. The lowest BCUT2D eigenvalue weighted by molar-refractivity contribution is 0.104. The van der Waals surface area contributed by atoms with Gasteiger partial charge in [0.15, 0.2) is 0 Å². The SMILES string of the molecule is CC(C)(C[C@@H](O)[C@@H]1CCCN1)c1ccccc1. The fourth-order valence-corrected chi connectivity index (χ4v) is 2.71. The summed E-state index contributed by atoms with van der Waals surface area (Å²) in [6.45, 7) is 5.47. The molecule has 1 heterocycles. The normalized spacial score (nSPS) is 22.6. The summed E-state index contributed by atoms with van der Waals surface area (Å²) in [6, 6.07) is 10.8. The lowest BCUT2D eigenvalue weighted by Gasteiger charge is -2.30. The predicted octanol–water partition coefficient (Wildman–Crippen LogP) is 2.47. The van der Waals surface area contributed by atoms with Gasteiger partial charge in [-0.05, 0) is 36.8 Å². The van der Waals surface area contributed by atoms with E-state index in [0.717, 1.165) is 19.4 Å². The van der Waals surface area contributed by atoms with Crippen LogP contribution in [0.25, 0.3) is 0 Å². The van der Waals surface area contributed by atoms with Gasteiger partial charge in [-0.3, -0.25) is 0 Å². The van der Waals surface area contributed by atoms with E-state index in [2.05, 4.69) is 43.4 Å². The van der Waals surface area contributed by atoms with Crippen molar-refractivity contribution in [3.63, 3.8) is 0 Å². The average Bonchev–Trinajstić information content (AvgIpc) is 2.83. The Balaban J connectivity index is 2.01. The van der Waals surface area contributed by atoms with E-state index in [1.165, 1.54) is 12.0 Å². The summed E-state index contributed by atoms with van der Waals surface area (Å²) in [6.07, 6.45) is 2.86. The molecule has 2 N–H and O–H groups in total. The van der Waals surface area contributed by atoms with E-state index in [0.29, 0.717) is 0 Å². The number of benzene rings is 1. The van der Waals surface area contributed by atoms with Gasteiger partial charge in [-0.15, -0.1) is 0 Å². The van der Waals surface area contributed by atoms with E-state index in [9.17, 15) is 5.11 Å². The van der Waals surface area contributed by atoms with Gasteiger partial charge in [0.25, 0.3) is 0 Å². The molecule has 1 aromatic carbocycles. The van der Waals surface area contributed by atoms with Crippen LogP contribution >= 0.6 is 0 Å². The molecule has 2 heteroatoms. The predicted molar refractivity (Wildman–Crippen MR) is 71.1 cm³/mol. The molecule has 94 valence electrons. The highest BCUT2D eigenvalue weighted by Gasteiger charge is 2.30. The fourth-order valence-electron chi connectivity index (χ4n) is 2.71. The standard InChI is InChI=1S/C15H23NO/c1-15(2,12-7-4-3-5-8-12)11-14(17)13-9-6-10-16-13/h3-5,7-8,13-14,16-17H,6,9-11H2,1-2H3/t13-,14+/m0/s1. The number of hydrogen-bond acceptors (Lipinski definition) is 2. The van der Waals surface area contributed by atoms with Crippen LogP contribution in [-0.4, -0.2) is 23.8 Å². The van der Waals surface area contributed by atoms with Crippen LogP contribution in [0, 0.1) is 0 Å². The largest absolute Gasteiger partial charge is 0.391 e. The monoisotopic (exact) mass is 233 g/mol. The van der Waals surface area contributed by atoms with E-state index in [-0.39, 0.29) is 17.6 Å². The van der Waals surface area contributed by atoms with Crippen molar-refractivity contribution in [2.45, 2.75) is 50.7 Å². The molecule has 1 aliphatic heterocycles. The summed E-state index contributed by atoms with van der Waals surface area (Å²) in [5.74, 6) is 0. The molecule has 1 fully saturated rings. The third-order valence-electron chi connectivity index (χ3n) is 3.84. The third kappa shape index (κ3) is 3.08. The second-order valence-electron chi connectivity index (χ2n) is 5.72. The quantitative estimate of drug-likeness (QED) is 0.837. The first-order valence-corrected chi connectivity index (χ1v) is 6.56. The average molecular weight is 233 g/mol. The van der Waals surface area contributed by atoms with Crippen molar-refractivity contribution in [3.05, 3.63) is 35.9 Å². The number of nitrogens with one attached hydrogen (secondary N) is 1. The smallest absolute Gasteiger partial charge is 0.0701 e. The summed E-state index contributed by atoms with van der Waals surface area (Å²) in [4.78, 5) is 0. The van der Waals surface area contributed by atoms with Gasteiger partial charge in [0.05, 0.1) is 6.10 Å². The maximum absolute atomic E-state index is 10.3. The van der Waals surface area contributed by atoms with Crippen molar-refractivity contribution in [2.24, 2.45) is 0 Å². The molecular formula is C15H23NO. The van der Waals surface area contributed by atoms with E-state index in [1.807, 2.05) is 6.07 Å². The Hall–Kier alpha value is -0.860. The van der Waals surface area contributed by atoms with Crippen molar-refractivity contribution in [1.82, 2.24) is 5.32 Å². The van der Waals surface area contributed by atoms with Crippen LogP contribution in [-0.2, 0) is 5.41 Å². The first-order valence-electron chi connectivity index (χ1n) is 6.56. The molecule has 1 saturated heterocycles. The summed E-state index contributed by atoms with van der Waals surface area (Å²) in [5.41, 5.74) is 1.34. The number of hydrogen-bond donors (Lipinski definition) is 2. The zero-order chi connectivity index (χ0) is 12.3. The minimum absolute atomic E-state index is 0.0327. The molecule has 2 rings (SSSR count). The van der Waals surface area contributed by atoms with Gasteiger partial charge in [0.2, 0.25) is 0 Å². The fraction of sp³-hybridized carbons (Fsp3) is 0.600. The maximum Gasteiger partial charge on any atom is 0.0701 e. The van der Waals surface area contributed by atoms with Gasteiger partial charge in [-0.25, -0.2) is 0 Å². The van der Waals surface area contributed by atoms with E-state index >= 15 is 0 Å². The second kappa shape index (κ2) is 5.19. The highest BCUT2D eigenvalue weighted by atomic mass is 16.3. The third-order valence-corrected chi connectivity index (χ3v) is 3.84. The zero-order valence-corrected chi connectivity index (χ0v) is 10.8. The first-order chi connectivity index (χ1) is 8.09. The first kappa shape index (κ1) is 12.6. The minimum atomic E-state index is -0.243. The van der Waals surface area contributed by atoms with Crippen molar-refractivity contribution in [2.75, 3.05) is 6.54 Å². The summed E-state index contributed by atoms with van der Waals surface area (Å²) >= 11 is 0. The molecule has 2 atom stereocenters. The van der Waals surface area contributed by atoms with Gasteiger partial charge < -0.3 is 10.4 Å². The van der Waals surface area contributed by atoms with Crippen LogP contribution < -0.4 is 5.32 Å². The number of aliphatic hydroxyl groups is 1. The van der Waals surface area contributed by atoms with Gasteiger partial charge >= 0.3 is 0 Å². The van der Waals surface area contributed by atoms with Crippen molar-refractivity contribution >= 4 is 0 Å². The highest BCUT2D eigenvalue weighted by Crippen LogP contribution is 2.30. The molecule has 0 saturated carbocycles. The molecule has 0 bridgehead atoms. The van der Waals surface area contributed by atoms with Crippen LogP contribution in [0.5, 0.6) is 0 Å². The lowest BCUT2D eigenvalue weighted by atomic mass is 9.78. The molecule has 17 heavy (non-hydrogen) atoms. The molecule has 0 aromatic heterocycles. The molecule has 2 nitrogen and oxygen atoms in total. The molecular weight excluding hydrogens is 210 g/mol. The van der Waals surface area contributed by atoms with Gasteiger partial charge in [-0.2, -0.15) is 0 Å². The number of rotatable bonds is 4. The molecule has 0 aliphatic carbocycles. The maximum atomic E-state index is 10.3. The van der Waals surface area contributed by atoms with Crippen molar-refractivity contribution < 1.29 is 5.11 Å². The van der Waals surface area contributed by atoms with E-state index in [1.54, 1.807) is 0 Å². The minimum Gasteiger partial charge on any atom is -0.391 e. The van der Waals surface area contributed by atoms with Crippen LogP contribution in [0.1, 0.15) is 38.7 Å². The molecule has 0 unspecified atom stereocenters. The Labute approximate surface area is 104 Å². The Morgan fingerprint density at radius 3 is 2.65 bits per heavy atom. The topological polar surface area (TPSA) is 32.3 Å². The Morgan fingerprint density at radius 2 is 2.06 bits per heavy atom. The molecule has 0 radical (unpaired) electrons. The van der Waals surface area contributed by atoms with Gasteiger partial charge in [-0.1, -0.05) is 44.2 Å². The van der Waals surface area contributed by atoms with Crippen LogP contribution in [0.3, 0.4) is 0 Å². The summed E-state index contributed by atoms with van der Waals surface area (Å²) < 4.78 is 0. The van der Waals surface area contributed by atoms with Crippen LogP contribution in [0.15, 0.2) is 30.3 Å². The van der Waals surface area contributed by atoms with Crippen LogP contribution in [0.2, 0.25) is 0 Å². The van der Waals surface area contributed by atoms with Gasteiger partial charge in [0, 0.05) is 6.04 Å². The molecule has 1 aromatic rings. The Morgan fingerprint density at radius 1 is 1.35 bits per heavy atom. The lowest BCUT2D eigenvalue weighted by Crippen LogP contribution is -2.38. The highest BCUT2D eigenvalue weighted by molar-refractivity contribution is 5.23. The molecule has 1 aliphatic rings. The number of aliphatic hydroxyl groups excluding tert-OH is 1. The van der Waals surface area contributed by atoms with Gasteiger partial charge in [0.1, 0.15) is 0 Å². The summed E-state index contributed by atoms with van der Waals surface area (Å²) in [7, 11) is 0. The van der Waals surface area contributed by atoms with Crippen LogP contribution in [0.4, 0.5) is 0 Å². The summed E-state index contributed by atoms with van der Waals surface area (Å²) in [5, 5.41) is 13.7.